The maximum Gasteiger partial charge on any atom is 0.306 e. The van der Waals surface area contributed by atoms with Gasteiger partial charge in [0.05, 0.1) is 5.92 Å². The largest absolute Gasteiger partial charge is 0.481 e. The van der Waals surface area contributed by atoms with Crippen LogP contribution >= 0.6 is 0 Å². The number of carboxylic acid groups (broad SMARTS) is 1. The first kappa shape index (κ1) is 9.49. The van der Waals surface area contributed by atoms with Crippen LogP contribution in [0.3, 0.4) is 0 Å². The van der Waals surface area contributed by atoms with E-state index in [9.17, 15) is 4.79 Å². The highest BCUT2D eigenvalue weighted by molar-refractivity contribution is 5.91. The fourth-order valence-corrected chi connectivity index (χ4v) is 2.91. The Morgan fingerprint density at radius 1 is 1.36 bits per heavy atom. The Hall–Kier alpha value is -1.06. The summed E-state index contributed by atoms with van der Waals surface area (Å²) in [6.45, 7) is 0. The fourth-order valence-electron chi connectivity index (χ4n) is 2.91. The van der Waals surface area contributed by atoms with Crippen molar-refractivity contribution in [2.45, 2.75) is 32.1 Å². The van der Waals surface area contributed by atoms with Crippen molar-refractivity contribution in [3.63, 3.8) is 0 Å². The minimum atomic E-state index is -0.655. The molecule has 14 heavy (non-hydrogen) atoms. The maximum atomic E-state index is 10.9. The van der Waals surface area contributed by atoms with Gasteiger partial charge in [0.15, 0.2) is 0 Å². The number of hydrogen-bond acceptors (Lipinski definition) is 3. The Labute approximate surface area is 83.2 Å². The van der Waals surface area contributed by atoms with Crippen LogP contribution in [0.2, 0.25) is 0 Å². The number of hydrogen-bond donors (Lipinski definition) is 2. The average Bonchev–Trinajstić information content (AvgIpc) is 2.15. The zero-order chi connectivity index (χ0) is 10.1. The summed E-state index contributed by atoms with van der Waals surface area (Å²) in [6.07, 6.45) is 4.80. The second kappa shape index (κ2) is 3.59. The molecule has 0 spiro atoms. The van der Waals surface area contributed by atoms with Crippen molar-refractivity contribution in [1.29, 1.82) is 0 Å². The average molecular weight is 196 g/mol. The Bertz CT molecular complexity index is 259. The molecule has 2 aliphatic rings. The number of nitrogens with zero attached hydrogens (tertiary/aromatic N) is 1. The van der Waals surface area contributed by atoms with Gasteiger partial charge in [-0.05, 0) is 25.7 Å². The van der Waals surface area contributed by atoms with Gasteiger partial charge in [0.25, 0.3) is 0 Å². The van der Waals surface area contributed by atoms with Crippen LogP contribution in [0.4, 0.5) is 0 Å². The highest BCUT2D eigenvalue weighted by atomic mass is 16.4. The molecule has 2 rings (SSSR count). The van der Waals surface area contributed by atoms with E-state index >= 15 is 0 Å². The van der Waals surface area contributed by atoms with Gasteiger partial charge in [-0.25, -0.2) is 0 Å². The molecule has 2 fully saturated rings. The van der Waals surface area contributed by atoms with Crippen LogP contribution in [0, 0.1) is 17.8 Å². The number of hydrazone groups is 1. The van der Waals surface area contributed by atoms with Gasteiger partial charge in [-0.1, -0.05) is 6.42 Å². The topological polar surface area (TPSA) is 75.7 Å². The van der Waals surface area contributed by atoms with Crippen LogP contribution in [0.1, 0.15) is 32.1 Å². The smallest absolute Gasteiger partial charge is 0.306 e. The van der Waals surface area contributed by atoms with Crippen LogP contribution in [0.5, 0.6) is 0 Å². The number of carboxylic acids is 1. The monoisotopic (exact) mass is 196 g/mol. The van der Waals surface area contributed by atoms with Gasteiger partial charge in [-0.3, -0.25) is 4.79 Å². The van der Waals surface area contributed by atoms with E-state index in [0.29, 0.717) is 11.8 Å². The van der Waals surface area contributed by atoms with Crippen LogP contribution < -0.4 is 5.84 Å². The molecule has 2 atom stereocenters. The molecule has 0 saturated heterocycles. The van der Waals surface area contributed by atoms with E-state index in [4.69, 9.17) is 10.9 Å². The number of fused-ring (bicyclic) bond motifs is 2. The molecule has 0 aliphatic heterocycles. The highest BCUT2D eigenvalue weighted by Crippen LogP contribution is 2.40. The molecule has 0 aromatic carbocycles. The van der Waals surface area contributed by atoms with E-state index in [1.807, 2.05) is 0 Å². The van der Waals surface area contributed by atoms with E-state index < -0.39 is 5.97 Å². The predicted octanol–water partition coefficient (Wildman–Crippen LogP) is 1.21. The van der Waals surface area contributed by atoms with Crippen LogP contribution in [0.15, 0.2) is 5.10 Å². The summed E-state index contributed by atoms with van der Waals surface area (Å²) in [6, 6.07) is 0. The van der Waals surface area contributed by atoms with Crippen molar-refractivity contribution in [1.82, 2.24) is 0 Å². The van der Waals surface area contributed by atoms with Gasteiger partial charge in [-0.2, -0.15) is 5.10 Å². The fraction of sp³-hybridized carbons (Fsp3) is 0.800. The molecule has 2 saturated carbocycles. The van der Waals surface area contributed by atoms with Crippen molar-refractivity contribution in [3.05, 3.63) is 0 Å². The maximum absolute atomic E-state index is 10.9. The lowest BCUT2D eigenvalue weighted by Gasteiger charge is -2.38. The molecule has 4 heteroatoms. The second-order valence-corrected chi connectivity index (χ2v) is 4.39. The Kier molecular flexibility index (Phi) is 2.44. The number of rotatable bonds is 1. The first-order valence-electron chi connectivity index (χ1n) is 5.23. The minimum absolute atomic E-state index is 0.171. The normalized spacial score (nSPS) is 36.6. The Balaban J connectivity index is 2.16. The summed E-state index contributed by atoms with van der Waals surface area (Å²) in [4.78, 5) is 10.9. The lowest BCUT2D eigenvalue weighted by Crippen LogP contribution is -2.39. The molecule has 2 aliphatic carbocycles. The van der Waals surface area contributed by atoms with E-state index in [-0.39, 0.29) is 5.92 Å². The molecule has 3 N–H and O–H groups in total. The second-order valence-electron chi connectivity index (χ2n) is 4.39. The van der Waals surface area contributed by atoms with E-state index in [0.717, 1.165) is 31.4 Å². The molecular formula is C10H16N2O2. The van der Waals surface area contributed by atoms with Gasteiger partial charge in [0, 0.05) is 17.5 Å². The molecule has 0 aromatic rings. The third-order valence-electron chi connectivity index (χ3n) is 3.58. The van der Waals surface area contributed by atoms with Crippen molar-refractivity contribution in [3.8, 4) is 0 Å². The summed E-state index contributed by atoms with van der Waals surface area (Å²) in [7, 11) is 0. The molecule has 2 bridgehead atoms. The zero-order valence-electron chi connectivity index (χ0n) is 8.15. The minimum Gasteiger partial charge on any atom is -0.481 e. The lowest BCUT2D eigenvalue weighted by molar-refractivity contribution is -0.143. The van der Waals surface area contributed by atoms with Crippen molar-refractivity contribution >= 4 is 11.7 Å². The van der Waals surface area contributed by atoms with Gasteiger partial charge >= 0.3 is 5.97 Å². The lowest BCUT2D eigenvalue weighted by atomic mass is 9.66. The summed E-state index contributed by atoms with van der Waals surface area (Å²) in [5.41, 5.74) is 1.08. The van der Waals surface area contributed by atoms with Crippen LogP contribution in [-0.4, -0.2) is 16.8 Å². The first-order valence-corrected chi connectivity index (χ1v) is 5.23. The zero-order valence-corrected chi connectivity index (χ0v) is 8.15. The number of nitrogens with two attached hydrogens (primary N) is 1. The molecule has 4 nitrogen and oxygen atoms in total. The molecule has 0 amide bonds. The van der Waals surface area contributed by atoms with Gasteiger partial charge in [0.2, 0.25) is 0 Å². The molecule has 78 valence electrons. The Morgan fingerprint density at radius 3 is 2.36 bits per heavy atom. The summed E-state index contributed by atoms with van der Waals surface area (Å²) < 4.78 is 0. The van der Waals surface area contributed by atoms with Crippen LogP contribution in [-0.2, 0) is 4.79 Å². The predicted molar refractivity (Wildman–Crippen MR) is 52.8 cm³/mol. The molecular weight excluding hydrogens is 180 g/mol. The molecule has 0 aromatic heterocycles. The van der Waals surface area contributed by atoms with Crippen LogP contribution in [0.25, 0.3) is 0 Å². The summed E-state index contributed by atoms with van der Waals surface area (Å²) >= 11 is 0. The van der Waals surface area contributed by atoms with Crippen molar-refractivity contribution in [2.24, 2.45) is 28.7 Å². The molecule has 0 radical (unpaired) electrons. The van der Waals surface area contributed by atoms with Crippen molar-refractivity contribution in [2.75, 3.05) is 0 Å². The van der Waals surface area contributed by atoms with E-state index in [2.05, 4.69) is 5.10 Å². The SMILES string of the molecule is NN=C1[C@H]2CCC[C@H]1CC(C(=O)O)C2. The number of carbonyl (C=O) groups is 1. The van der Waals surface area contributed by atoms with E-state index in [1.165, 1.54) is 6.42 Å². The number of aliphatic carboxylic acids is 1. The van der Waals surface area contributed by atoms with Crippen molar-refractivity contribution < 1.29 is 9.90 Å². The van der Waals surface area contributed by atoms with Gasteiger partial charge < -0.3 is 10.9 Å². The first-order chi connectivity index (χ1) is 6.72. The highest BCUT2D eigenvalue weighted by Gasteiger charge is 2.39. The van der Waals surface area contributed by atoms with Gasteiger partial charge in [-0.15, -0.1) is 0 Å². The quantitative estimate of drug-likeness (QED) is 0.489. The third-order valence-corrected chi connectivity index (χ3v) is 3.58. The Morgan fingerprint density at radius 2 is 1.93 bits per heavy atom. The van der Waals surface area contributed by atoms with E-state index in [1.54, 1.807) is 0 Å². The summed E-state index contributed by atoms with van der Waals surface area (Å²) in [5.74, 6) is 5.21. The standard InChI is InChI=1S/C10H16N2O2/c11-12-9-6-2-1-3-7(9)5-8(4-6)10(13)14/h6-8H,1-5,11H2,(H,13,14)/t6-,7-,8?/m0/s1. The molecule has 0 unspecified atom stereocenters. The van der Waals surface area contributed by atoms with Gasteiger partial charge in [0.1, 0.15) is 0 Å². The third kappa shape index (κ3) is 1.49. The summed E-state index contributed by atoms with van der Waals surface area (Å²) in [5, 5.41) is 12.8. The molecule has 0 heterocycles.